The molecule has 1 aliphatic heterocycles. The van der Waals surface area contributed by atoms with Crippen LogP contribution < -0.4 is 5.32 Å². The number of aryl methyl sites for hydroxylation is 1. The minimum absolute atomic E-state index is 0.0888. The highest BCUT2D eigenvalue weighted by molar-refractivity contribution is 6.31. The number of halogens is 3. The number of carbonyl (C=O) groups is 1. The van der Waals surface area contributed by atoms with Crippen LogP contribution in [0.3, 0.4) is 0 Å². The Morgan fingerprint density at radius 3 is 2.91 bits per heavy atom. The number of benzene rings is 1. The number of aromatic nitrogens is 4. The summed E-state index contributed by atoms with van der Waals surface area (Å²) >= 11 is 6.11. The Bertz CT molecular complexity index is 1330. The monoisotopic (exact) mass is 482 g/mol. The molecule has 2 aromatic heterocycles. The molecular weight excluding hydrogens is 462 g/mol. The maximum absolute atomic E-state index is 15.4. The molecule has 7 nitrogen and oxygen atoms in total. The molecule has 1 amide bonds. The molecule has 1 aliphatic carbocycles. The predicted octanol–water partition coefficient (Wildman–Crippen LogP) is 4.60. The molecule has 0 spiro atoms. The van der Waals surface area contributed by atoms with Gasteiger partial charge in [0.1, 0.15) is 17.8 Å². The normalized spacial score (nSPS) is 17.6. The smallest absolute Gasteiger partial charge is 0.231 e. The zero-order valence-electron chi connectivity index (χ0n) is 18.3. The third-order valence-corrected chi connectivity index (χ3v) is 6.33. The number of alkyl halides is 1. The molecule has 174 valence electrons. The third kappa shape index (κ3) is 4.31. The first-order chi connectivity index (χ1) is 16.4. The van der Waals surface area contributed by atoms with Gasteiger partial charge in [-0.2, -0.15) is 5.10 Å². The van der Waals surface area contributed by atoms with Gasteiger partial charge in [0, 0.05) is 37.3 Å². The summed E-state index contributed by atoms with van der Waals surface area (Å²) in [6.45, 7) is 0.373. The van der Waals surface area contributed by atoms with Crippen molar-refractivity contribution in [3.05, 3.63) is 82.2 Å². The van der Waals surface area contributed by atoms with Crippen molar-refractivity contribution >= 4 is 34.8 Å². The summed E-state index contributed by atoms with van der Waals surface area (Å²) in [5.41, 5.74) is 2.89. The minimum atomic E-state index is -1.35. The highest BCUT2D eigenvalue weighted by atomic mass is 35.5. The van der Waals surface area contributed by atoms with Gasteiger partial charge in [0.2, 0.25) is 11.9 Å². The first-order valence-corrected chi connectivity index (χ1v) is 11.2. The number of amides is 1. The lowest BCUT2D eigenvalue weighted by Gasteiger charge is -2.26. The Labute approximate surface area is 199 Å². The van der Waals surface area contributed by atoms with Crippen molar-refractivity contribution in [1.29, 1.82) is 0 Å². The number of nitrogens with zero attached hydrogens (tertiary/aromatic N) is 5. The van der Waals surface area contributed by atoms with Crippen LogP contribution in [0.1, 0.15) is 24.1 Å². The molecular formula is C24H21ClF2N6O. The molecule has 10 heteroatoms. The minimum Gasteiger partial charge on any atom is -0.312 e. The second-order valence-corrected chi connectivity index (χ2v) is 8.60. The van der Waals surface area contributed by atoms with Crippen LogP contribution in [0, 0.1) is 5.82 Å². The van der Waals surface area contributed by atoms with Crippen molar-refractivity contribution in [1.82, 2.24) is 24.6 Å². The number of allylic oxidation sites excluding steroid dienone is 3. The van der Waals surface area contributed by atoms with Crippen molar-refractivity contribution in [2.24, 2.45) is 7.05 Å². The molecule has 0 saturated heterocycles. The number of anilines is 2. The standard InChI is InChI=1S/C24H21ClF2N6O/c1-32-21(5-8-29-32)31-24-28-7-4-20(30-24)16-10-14-6-9-33(23(14)19(27)12-16)22(34)13-15-11-17(26)2-3-18(15)25/h2-5,7-8,10-11,19H,6,9,12-13H2,1H3,(H,28,30,31). The van der Waals surface area contributed by atoms with E-state index in [0.717, 1.165) is 17.0 Å². The average Bonchev–Trinajstić information content (AvgIpc) is 3.43. The summed E-state index contributed by atoms with van der Waals surface area (Å²) in [4.78, 5) is 23.2. The van der Waals surface area contributed by atoms with Crippen molar-refractivity contribution < 1.29 is 13.6 Å². The number of hydrogen-bond donors (Lipinski definition) is 1. The maximum Gasteiger partial charge on any atom is 0.231 e. The van der Waals surface area contributed by atoms with Crippen LogP contribution in [0.25, 0.3) is 5.57 Å². The van der Waals surface area contributed by atoms with Gasteiger partial charge in [0.05, 0.1) is 24.0 Å². The van der Waals surface area contributed by atoms with Crippen LogP contribution in [0.5, 0.6) is 0 Å². The van der Waals surface area contributed by atoms with Crippen LogP contribution in [0.2, 0.25) is 5.02 Å². The Kier molecular flexibility index (Phi) is 5.87. The van der Waals surface area contributed by atoms with E-state index in [1.54, 1.807) is 36.3 Å². The second kappa shape index (κ2) is 8.98. The fraction of sp³-hybridized carbons (Fsp3) is 0.250. The molecule has 34 heavy (non-hydrogen) atoms. The zero-order valence-corrected chi connectivity index (χ0v) is 19.1. The van der Waals surface area contributed by atoms with Gasteiger partial charge in [-0.05, 0) is 47.4 Å². The largest absolute Gasteiger partial charge is 0.312 e. The molecule has 0 radical (unpaired) electrons. The van der Waals surface area contributed by atoms with E-state index in [-0.39, 0.29) is 18.7 Å². The first-order valence-electron chi connectivity index (χ1n) is 10.8. The summed E-state index contributed by atoms with van der Waals surface area (Å²) in [6.07, 6.45) is 4.36. The second-order valence-electron chi connectivity index (χ2n) is 8.19. The summed E-state index contributed by atoms with van der Waals surface area (Å²) in [5, 5.41) is 7.51. The van der Waals surface area contributed by atoms with Crippen LogP contribution in [-0.4, -0.2) is 43.3 Å². The van der Waals surface area contributed by atoms with Crippen LogP contribution in [0.15, 0.2) is 60.1 Å². The van der Waals surface area contributed by atoms with E-state index < -0.39 is 12.0 Å². The number of rotatable bonds is 5. The summed E-state index contributed by atoms with van der Waals surface area (Å²) < 4.78 is 30.6. The van der Waals surface area contributed by atoms with Gasteiger partial charge in [-0.1, -0.05) is 17.7 Å². The molecule has 3 aromatic rings. The summed E-state index contributed by atoms with van der Waals surface area (Å²) in [5.74, 6) is 0.338. The third-order valence-electron chi connectivity index (χ3n) is 5.96. The Hall–Kier alpha value is -3.59. The van der Waals surface area contributed by atoms with E-state index >= 15 is 4.39 Å². The molecule has 1 unspecified atom stereocenters. The quantitative estimate of drug-likeness (QED) is 0.575. The van der Waals surface area contributed by atoms with Crippen molar-refractivity contribution in [2.45, 2.75) is 25.4 Å². The van der Waals surface area contributed by atoms with Gasteiger partial charge in [0.25, 0.3) is 0 Å². The van der Waals surface area contributed by atoms with E-state index in [0.29, 0.717) is 40.9 Å². The fourth-order valence-electron chi connectivity index (χ4n) is 4.31. The number of nitrogens with one attached hydrogen (secondary N) is 1. The van der Waals surface area contributed by atoms with Crippen LogP contribution in [-0.2, 0) is 18.3 Å². The molecule has 0 bridgehead atoms. The van der Waals surface area contributed by atoms with Crippen molar-refractivity contribution in [2.75, 3.05) is 11.9 Å². The number of hydrogen-bond acceptors (Lipinski definition) is 5. The predicted molar refractivity (Wildman–Crippen MR) is 124 cm³/mol. The van der Waals surface area contributed by atoms with Crippen LogP contribution in [0.4, 0.5) is 20.5 Å². The highest BCUT2D eigenvalue weighted by Gasteiger charge is 2.35. The van der Waals surface area contributed by atoms with E-state index in [1.807, 2.05) is 6.08 Å². The van der Waals surface area contributed by atoms with E-state index in [9.17, 15) is 9.18 Å². The van der Waals surface area contributed by atoms with Gasteiger partial charge in [-0.25, -0.2) is 18.7 Å². The summed E-state index contributed by atoms with van der Waals surface area (Å²) in [7, 11) is 1.80. The molecule has 5 rings (SSSR count). The Morgan fingerprint density at radius 1 is 1.26 bits per heavy atom. The summed E-state index contributed by atoms with van der Waals surface area (Å²) in [6, 6.07) is 7.43. The molecule has 1 N–H and O–H groups in total. The number of carbonyl (C=O) groups excluding carboxylic acids is 1. The lowest BCUT2D eigenvalue weighted by atomic mass is 9.93. The molecule has 0 saturated carbocycles. The van der Waals surface area contributed by atoms with Gasteiger partial charge >= 0.3 is 0 Å². The van der Waals surface area contributed by atoms with E-state index in [4.69, 9.17) is 11.6 Å². The highest BCUT2D eigenvalue weighted by Crippen LogP contribution is 2.39. The van der Waals surface area contributed by atoms with Gasteiger partial charge in [0.15, 0.2) is 0 Å². The maximum atomic E-state index is 15.4. The van der Waals surface area contributed by atoms with Gasteiger partial charge in [-0.3, -0.25) is 9.48 Å². The molecule has 1 aromatic carbocycles. The zero-order chi connectivity index (χ0) is 23.8. The Morgan fingerprint density at radius 2 is 2.12 bits per heavy atom. The molecule has 0 fully saturated rings. The van der Waals surface area contributed by atoms with Gasteiger partial charge in [-0.15, -0.1) is 0 Å². The van der Waals surface area contributed by atoms with Crippen molar-refractivity contribution in [3.63, 3.8) is 0 Å². The lowest BCUT2D eigenvalue weighted by Crippen LogP contribution is -2.33. The fourth-order valence-corrected chi connectivity index (χ4v) is 4.50. The van der Waals surface area contributed by atoms with Gasteiger partial charge < -0.3 is 10.2 Å². The van der Waals surface area contributed by atoms with Crippen molar-refractivity contribution in [3.8, 4) is 0 Å². The van der Waals surface area contributed by atoms with E-state index in [1.165, 1.54) is 23.1 Å². The molecule has 2 aliphatic rings. The lowest BCUT2D eigenvalue weighted by molar-refractivity contribution is -0.128. The SMILES string of the molecule is Cn1nccc1Nc1nccc(C2=CC3=C(C(F)C2)N(C(=O)Cc2cc(F)ccc2Cl)CC3)n1. The Balaban J connectivity index is 1.37. The first kappa shape index (κ1) is 22.2. The average molecular weight is 483 g/mol. The molecule has 1 atom stereocenters. The topological polar surface area (TPSA) is 75.9 Å². The molecule has 3 heterocycles. The van der Waals surface area contributed by atoms with E-state index in [2.05, 4.69) is 20.4 Å². The van der Waals surface area contributed by atoms with Crippen LogP contribution >= 0.6 is 11.6 Å².